The van der Waals surface area contributed by atoms with Crippen LogP contribution in [0.2, 0.25) is 0 Å². The molecular weight excluding hydrogens is 489 g/mol. The highest BCUT2D eigenvalue weighted by atomic mass is 32.2. The van der Waals surface area contributed by atoms with Crippen molar-refractivity contribution in [2.75, 3.05) is 23.3 Å². The van der Waals surface area contributed by atoms with E-state index in [9.17, 15) is 14.4 Å². The molecule has 0 bridgehead atoms. The van der Waals surface area contributed by atoms with Gasteiger partial charge in [-0.3, -0.25) is 19.3 Å². The first-order chi connectivity index (χ1) is 17.4. The molecule has 1 saturated heterocycles. The normalized spacial score (nSPS) is 20.0. The summed E-state index contributed by atoms with van der Waals surface area (Å²) in [5.74, 6) is -1.29. The summed E-state index contributed by atoms with van der Waals surface area (Å²) in [4.78, 5) is 41.4. The number of amides is 3. The summed E-state index contributed by atoms with van der Waals surface area (Å²) in [7, 11) is 0. The molecule has 37 heavy (non-hydrogen) atoms. The number of rotatable bonds is 6. The van der Waals surface area contributed by atoms with Crippen LogP contribution in [0, 0.1) is 19.7 Å². The molecule has 0 spiro atoms. The third kappa shape index (κ3) is 5.44. The van der Waals surface area contributed by atoms with Gasteiger partial charge in [-0.2, -0.15) is 0 Å². The second-order valence-electron chi connectivity index (χ2n) is 10.6. The van der Waals surface area contributed by atoms with Gasteiger partial charge in [-0.1, -0.05) is 19.9 Å². The largest absolute Gasteiger partial charge is 0.366 e. The summed E-state index contributed by atoms with van der Waals surface area (Å²) in [5.41, 5.74) is 4.82. The van der Waals surface area contributed by atoms with E-state index in [1.807, 2.05) is 26.0 Å². The number of carbonyl (C=O) groups is 3. The first-order valence-electron chi connectivity index (χ1n) is 12.6. The maximum absolute atomic E-state index is 15.3. The lowest BCUT2D eigenvalue weighted by Crippen LogP contribution is -2.48. The highest BCUT2D eigenvalue weighted by molar-refractivity contribution is 8.18. The van der Waals surface area contributed by atoms with E-state index >= 15 is 4.39 Å². The van der Waals surface area contributed by atoms with Crippen LogP contribution in [0.5, 0.6) is 0 Å². The van der Waals surface area contributed by atoms with Crippen LogP contribution < -0.4 is 10.2 Å². The van der Waals surface area contributed by atoms with Crippen LogP contribution in [0.4, 0.5) is 20.6 Å². The molecule has 2 aromatic carbocycles. The first-order valence-corrected chi connectivity index (χ1v) is 13.5. The van der Waals surface area contributed by atoms with Crippen LogP contribution >= 0.6 is 11.8 Å². The predicted octanol–water partition coefficient (Wildman–Crippen LogP) is 6.62. The third-order valence-corrected chi connectivity index (χ3v) is 8.11. The fourth-order valence-corrected chi connectivity index (χ4v) is 6.05. The Kier molecular flexibility index (Phi) is 7.51. The second kappa shape index (κ2) is 10.3. The molecule has 4 rings (SSSR count). The number of anilines is 2. The van der Waals surface area contributed by atoms with Gasteiger partial charge in [0.15, 0.2) is 0 Å². The standard InChI is InChI=1S/C29H34FN3O3S/c1-7-10-33-24-14-23(30)20(12-22(24)19(4)15-29(33,5)6)13-25-27(35)32(28(36)37-25)16-26(34)31-21-9-8-17(2)18(3)11-21/h8-9,11-14,19H,7,10,15-16H2,1-6H3,(H,31,34)/b25-13+. The maximum Gasteiger partial charge on any atom is 0.294 e. The zero-order chi connectivity index (χ0) is 27.1. The Labute approximate surface area is 222 Å². The number of halogens is 1. The number of imide groups is 1. The smallest absolute Gasteiger partial charge is 0.294 e. The molecule has 2 heterocycles. The molecule has 0 radical (unpaired) electrons. The minimum Gasteiger partial charge on any atom is -0.366 e. The van der Waals surface area contributed by atoms with Crippen LogP contribution in [-0.4, -0.2) is 40.6 Å². The summed E-state index contributed by atoms with van der Waals surface area (Å²) in [6.07, 6.45) is 3.31. The molecule has 2 aromatic rings. The Morgan fingerprint density at radius 3 is 2.59 bits per heavy atom. The van der Waals surface area contributed by atoms with E-state index in [0.717, 1.165) is 58.4 Å². The summed E-state index contributed by atoms with van der Waals surface area (Å²) in [6, 6.07) is 8.85. The number of fused-ring (bicyclic) bond motifs is 1. The van der Waals surface area contributed by atoms with Gasteiger partial charge in [-0.05, 0) is 105 Å². The third-order valence-electron chi connectivity index (χ3n) is 7.20. The SMILES string of the molecule is CCCN1c2cc(F)c(/C=C3/SC(=O)N(CC(=O)Nc4ccc(C)c(C)c4)C3=O)cc2C(C)CC1(C)C. The Morgan fingerprint density at radius 1 is 1.19 bits per heavy atom. The fraction of sp³-hybridized carbons (Fsp3) is 0.414. The van der Waals surface area contributed by atoms with E-state index in [2.05, 4.69) is 37.9 Å². The van der Waals surface area contributed by atoms with E-state index in [-0.39, 0.29) is 21.9 Å². The summed E-state index contributed by atoms with van der Waals surface area (Å²) < 4.78 is 15.3. The highest BCUT2D eigenvalue weighted by Crippen LogP contribution is 2.45. The van der Waals surface area contributed by atoms with Gasteiger partial charge in [-0.15, -0.1) is 0 Å². The highest BCUT2D eigenvalue weighted by Gasteiger charge is 2.38. The van der Waals surface area contributed by atoms with Gasteiger partial charge in [0.25, 0.3) is 11.1 Å². The second-order valence-corrected chi connectivity index (χ2v) is 11.6. The monoisotopic (exact) mass is 523 g/mol. The lowest BCUT2D eigenvalue weighted by atomic mass is 9.79. The molecule has 3 amide bonds. The number of aryl methyl sites for hydroxylation is 2. The Bertz CT molecular complexity index is 1300. The number of thioether (sulfide) groups is 1. The molecule has 2 aliphatic heterocycles. The van der Waals surface area contributed by atoms with Crippen LogP contribution in [-0.2, 0) is 9.59 Å². The van der Waals surface area contributed by atoms with Crippen LogP contribution in [0.3, 0.4) is 0 Å². The van der Waals surface area contributed by atoms with Crippen molar-refractivity contribution in [2.45, 2.75) is 65.8 Å². The first kappa shape index (κ1) is 26.9. The van der Waals surface area contributed by atoms with Crippen molar-refractivity contribution in [3.05, 3.63) is 63.3 Å². The zero-order valence-electron chi connectivity index (χ0n) is 22.3. The minimum absolute atomic E-state index is 0.0864. The van der Waals surface area contributed by atoms with E-state index in [1.165, 1.54) is 6.08 Å². The molecule has 0 aromatic heterocycles. The fourth-order valence-electron chi connectivity index (χ4n) is 5.22. The Morgan fingerprint density at radius 2 is 1.92 bits per heavy atom. The maximum atomic E-state index is 15.3. The number of hydrogen-bond donors (Lipinski definition) is 1. The lowest BCUT2D eigenvalue weighted by Gasteiger charge is -2.47. The van der Waals surface area contributed by atoms with Crippen LogP contribution in [0.15, 0.2) is 35.2 Å². The number of nitrogens with one attached hydrogen (secondary N) is 1. The van der Waals surface area contributed by atoms with Crippen molar-refractivity contribution in [1.82, 2.24) is 4.90 Å². The predicted molar refractivity (Wildman–Crippen MR) is 148 cm³/mol. The van der Waals surface area contributed by atoms with Crippen molar-refractivity contribution in [3.8, 4) is 0 Å². The number of hydrogen-bond acceptors (Lipinski definition) is 5. The average molecular weight is 524 g/mol. The van der Waals surface area contributed by atoms with Gasteiger partial charge in [0.1, 0.15) is 12.4 Å². The molecule has 1 fully saturated rings. The molecule has 1 unspecified atom stereocenters. The molecule has 8 heteroatoms. The van der Waals surface area contributed by atoms with Gasteiger partial charge in [-0.25, -0.2) is 4.39 Å². The van der Waals surface area contributed by atoms with Crippen LogP contribution in [0.25, 0.3) is 6.08 Å². The molecule has 0 saturated carbocycles. The van der Waals surface area contributed by atoms with Crippen molar-refractivity contribution < 1.29 is 18.8 Å². The van der Waals surface area contributed by atoms with Gasteiger partial charge >= 0.3 is 0 Å². The topological polar surface area (TPSA) is 69.7 Å². The van der Waals surface area contributed by atoms with Gasteiger partial charge in [0, 0.05) is 29.0 Å². The van der Waals surface area contributed by atoms with Crippen molar-refractivity contribution in [2.24, 2.45) is 0 Å². The summed E-state index contributed by atoms with van der Waals surface area (Å²) >= 11 is 0.726. The van der Waals surface area contributed by atoms with Crippen molar-refractivity contribution >= 4 is 46.3 Å². The molecule has 196 valence electrons. The quantitative estimate of drug-likeness (QED) is 0.431. The summed E-state index contributed by atoms with van der Waals surface area (Å²) in [6.45, 7) is 12.9. The summed E-state index contributed by atoms with van der Waals surface area (Å²) in [5, 5.41) is 2.19. The van der Waals surface area contributed by atoms with E-state index < -0.39 is 29.4 Å². The van der Waals surface area contributed by atoms with Crippen molar-refractivity contribution in [1.29, 1.82) is 0 Å². The van der Waals surface area contributed by atoms with E-state index in [0.29, 0.717) is 5.69 Å². The van der Waals surface area contributed by atoms with E-state index in [4.69, 9.17) is 0 Å². The molecule has 0 aliphatic carbocycles. The molecule has 1 N–H and O–H groups in total. The molecule has 1 atom stereocenters. The van der Waals surface area contributed by atoms with E-state index in [1.54, 1.807) is 18.2 Å². The minimum atomic E-state index is -0.593. The number of benzene rings is 2. The zero-order valence-corrected chi connectivity index (χ0v) is 23.1. The van der Waals surface area contributed by atoms with Gasteiger partial charge in [0.2, 0.25) is 5.91 Å². The Hall–Kier alpha value is -3.13. The Balaban J connectivity index is 1.55. The van der Waals surface area contributed by atoms with Gasteiger partial charge < -0.3 is 10.2 Å². The molecule has 2 aliphatic rings. The van der Waals surface area contributed by atoms with Gasteiger partial charge in [0.05, 0.1) is 4.91 Å². The lowest BCUT2D eigenvalue weighted by molar-refractivity contribution is -0.127. The molecule has 6 nitrogen and oxygen atoms in total. The molecular formula is C29H34FN3O3S. The average Bonchev–Trinajstić information content (AvgIpc) is 3.07. The number of carbonyl (C=O) groups excluding carboxylic acids is 3. The van der Waals surface area contributed by atoms with Crippen LogP contribution in [0.1, 0.15) is 68.7 Å². The van der Waals surface area contributed by atoms with Crippen molar-refractivity contribution in [3.63, 3.8) is 0 Å². The number of nitrogens with zero attached hydrogens (tertiary/aromatic N) is 2.